The molecule has 0 amide bonds. The topological polar surface area (TPSA) is 27.0 Å². The SMILES string of the molecule is CC#N.CCN(CCCc1ccc(C2CCC2C(F)(F)F)cc1)Cc1ccccc1. The first-order valence-corrected chi connectivity index (χ1v) is 10.6. The van der Waals surface area contributed by atoms with Crippen molar-refractivity contribution in [1.82, 2.24) is 4.90 Å². The number of rotatable bonds is 8. The Morgan fingerprint density at radius 1 is 1.00 bits per heavy atom. The molecule has 0 N–H and O–H groups in total. The van der Waals surface area contributed by atoms with Crippen LogP contribution in [0.5, 0.6) is 0 Å². The molecule has 1 fully saturated rings. The summed E-state index contributed by atoms with van der Waals surface area (Å²) in [5.74, 6) is -1.50. The molecule has 2 atom stereocenters. The molecule has 2 aromatic rings. The summed E-state index contributed by atoms with van der Waals surface area (Å²) in [6.45, 7) is 6.59. The normalized spacial score (nSPS) is 18.2. The van der Waals surface area contributed by atoms with Gasteiger partial charge in [-0.05, 0) is 61.4 Å². The second kappa shape index (κ2) is 11.8. The summed E-state index contributed by atoms with van der Waals surface area (Å²) in [5.41, 5.74) is 3.37. The smallest absolute Gasteiger partial charge is 0.299 e. The number of nitrogens with zero attached hydrogens (tertiary/aromatic N) is 2. The molecule has 2 nitrogen and oxygen atoms in total. The van der Waals surface area contributed by atoms with Crippen LogP contribution in [0.3, 0.4) is 0 Å². The summed E-state index contributed by atoms with van der Waals surface area (Å²) in [6.07, 6.45) is -1.14. The van der Waals surface area contributed by atoms with Crippen molar-refractivity contribution < 1.29 is 13.2 Å². The van der Waals surface area contributed by atoms with Crippen molar-refractivity contribution in [2.24, 2.45) is 5.92 Å². The molecule has 0 heterocycles. The third kappa shape index (κ3) is 7.18. The maximum absolute atomic E-state index is 12.9. The van der Waals surface area contributed by atoms with Crippen molar-refractivity contribution in [2.45, 2.75) is 58.2 Å². The monoisotopic (exact) mass is 416 g/mol. The molecule has 2 aromatic carbocycles. The molecule has 5 heteroatoms. The first-order valence-electron chi connectivity index (χ1n) is 10.6. The molecule has 0 radical (unpaired) electrons. The Labute approximate surface area is 178 Å². The Morgan fingerprint density at radius 3 is 2.13 bits per heavy atom. The van der Waals surface area contributed by atoms with Crippen molar-refractivity contribution >= 4 is 0 Å². The minimum absolute atomic E-state index is 0.268. The van der Waals surface area contributed by atoms with E-state index in [1.165, 1.54) is 18.1 Å². The van der Waals surface area contributed by atoms with Gasteiger partial charge in [-0.1, -0.05) is 61.5 Å². The van der Waals surface area contributed by atoms with Gasteiger partial charge >= 0.3 is 6.18 Å². The van der Waals surface area contributed by atoms with Gasteiger partial charge in [-0.3, -0.25) is 4.90 Å². The molecule has 0 bridgehead atoms. The number of hydrogen-bond donors (Lipinski definition) is 0. The minimum Gasteiger partial charge on any atom is -0.299 e. The Bertz CT molecular complexity index is 779. The molecule has 0 aliphatic heterocycles. The van der Waals surface area contributed by atoms with E-state index < -0.39 is 12.1 Å². The van der Waals surface area contributed by atoms with Crippen molar-refractivity contribution in [1.29, 1.82) is 5.26 Å². The largest absolute Gasteiger partial charge is 0.392 e. The highest BCUT2D eigenvalue weighted by atomic mass is 19.4. The number of benzene rings is 2. The average Bonchev–Trinajstić information content (AvgIpc) is 2.68. The second-order valence-electron chi connectivity index (χ2n) is 7.76. The fourth-order valence-electron chi connectivity index (χ4n) is 3.92. The lowest BCUT2D eigenvalue weighted by Crippen LogP contribution is -2.36. The Hall–Kier alpha value is -2.32. The zero-order valence-corrected chi connectivity index (χ0v) is 17.8. The summed E-state index contributed by atoms with van der Waals surface area (Å²) in [4.78, 5) is 2.42. The molecule has 1 aliphatic rings. The number of halogens is 3. The van der Waals surface area contributed by atoms with E-state index in [0.717, 1.165) is 38.0 Å². The van der Waals surface area contributed by atoms with Gasteiger partial charge in [0, 0.05) is 13.5 Å². The number of alkyl halides is 3. The van der Waals surface area contributed by atoms with E-state index >= 15 is 0 Å². The van der Waals surface area contributed by atoms with Crippen LogP contribution >= 0.6 is 0 Å². The maximum atomic E-state index is 12.9. The van der Waals surface area contributed by atoms with Gasteiger partial charge in [0.1, 0.15) is 0 Å². The van der Waals surface area contributed by atoms with E-state index in [0.29, 0.717) is 6.42 Å². The van der Waals surface area contributed by atoms with Crippen molar-refractivity contribution in [3.63, 3.8) is 0 Å². The molecule has 0 aromatic heterocycles. The van der Waals surface area contributed by atoms with Gasteiger partial charge in [0.05, 0.1) is 12.0 Å². The number of aryl methyl sites for hydroxylation is 1. The van der Waals surface area contributed by atoms with Gasteiger partial charge in [0.25, 0.3) is 0 Å². The highest BCUT2D eigenvalue weighted by Crippen LogP contribution is 2.50. The van der Waals surface area contributed by atoms with Crippen molar-refractivity contribution in [3.8, 4) is 6.07 Å². The standard InChI is InChI=1S/C23H28F3N.C2H3N/c1-2-27(17-19-7-4-3-5-8-19)16-6-9-18-10-12-20(13-11-18)21-14-15-22(21)23(24,25)26;1-2-3/h3-5,7-8,10-13,21-22H,2,6,9,14-17H2,1H3;1H3. The van der Waals surface area contributed by atoms with Crippen LogP contribution in [0.4, 0.5) is 13.2 Å². The Morgan fingerprint density at radius 2 is 1.63 bits per heavy atom. The molecular formula is C25H31F3N2. The van der Waals surface area contributed by atoms with Crippen LogP contribution in [0.1, 0.15) is 55.7 Å². The van der Waals surface area contributed by atoms with Crippen LogP contribution in [0.15, 0.2) is 54.6 Å². The van der Waals surface area contributed by atoms with Gasteiger partial charge in [-0.15, -0.1) is 0 Å². The van der Waals surface area contributed by atoms with Crippen LogP contribution in [0, 0.1) is 17.2 Å². The first kappa shape index (κ1) is 24.0. The van der Waals surface area contributed by atoms with E-state index in [1.807, 2.05) is 30.3 Å². The zero-order chi connectivity index (χ0) is 22.0. The molecule has 162 valence electrons. The Kier molecular flexibility index (Phi) is 9.39. The van der Waals surface area contributed by atoms with Gasteiger partial charge in [-0.2, -0.15) is 18.4 Å². The van der Waals surface area contributed by atoms with E-state index in [4.69, 9.17) is 5.26 Å². The van der Waals surface area contributed by atoms with E-state index in [1.54, 1.807) is 6.07 Å². The van der Waals surface area contributed by atoms with Gasteiger partial charge in [-0.25, -0.2) is 0 Å². The molecule has 1 aliphatic carbocycles. The third-order valence-corrected chi connectivity index (χ3v) is 5.74. The van der Waals surface area contributed by atoms with Crippen LogP contribution in [-0.4, -0.2) is 24.2 Å². The highest BCUT2D eigenvalue weighted by molar-refractivity contribution is 5.28. The lowest BCUT2D eigenvalue weighted by atomic mass is 9.69. The number of nitriles is 1. The summed E-state index contributed by atoms with van der Waals surface area (Å²) in [5, 5.41) is 7.32. The lowest BCUT2D eigenvalue weighted by Gasteiger charge is -2.38. The van der Waals surface area contributed by atoms with Crippen molar-refractivity contribution in [2.75, 3.05) is 13.1 Å². The van der Waals surface area contributed by atoms with E-state index in [-0.39, 0.29) is 12.3 Å². The van der Waals surface area contributed by atoms with E-state index in [9.17, 15) is 13.2 Å². The highest BCUT2D eigenvalue weighted by Gasteiger charge is 2.50. The summed E-state index contributed by atoms with van der Waals surface area (Å²) in [6, 6.07) is 20.0. The van der Waals surface area contributed by atoms with E-state index in [2.05, 4.69) is 36.1 Å². The minimum atomic E-state index is -4.07. The fourth-order valence-corrected chi connectivity index (χ4v) is 3.92. The summed E-state index contributed by atoms with van der Waals surface area (Å²) >= 11 is 0. The Balaban J connectivity index is 0.00000101. The zero-order valence-electron chi connectivity index (χ0n) is 17.8. The molecule has 3 rings (SSSR count). The van der Waals surface area contributed by atoms with Gasteiger partial charge in [0.15, 0.2) is 0 Å². The molecule has 0 saturated heterocycles. The first-order chi connectivity index (χ1) is 14.4. The maximum Gasteiger partial charge on any atom is 0.392 e. The molecule has 0 spiro atoms. The molecule has 2 unspecified atom stereocenters. The average molecular weight is 417 g/mol. The van der Waals surface area contributed by atoms with Gasteiger partial charge in [0.2, 0.25) is 0 Å². The molecule has 30 heavy (non-hydrogen) atoms. The predicted octanol–water partition coefficient (Wildman–Crippen LogP) is 6.73. The third-order valence-electron chi connectivity index (χ3n) is 5.74. The van der Waals surface area contributed by atoms with Crippen LogP contribution in [0.25, 0.3) is 0 Å². The quantitative estimate of drug-likeness (QED) is 0.477. The summed E-state index contributed by atoms with van der Waals surface area (Å²) in [7, 11) is 0. The van der Waals surface area contributed by atoms with Crippen LogP contribution in [-0.2, 0) is 13.0 Å². The molecule has 1 saturated carbocycles. The van der Waals surface area contributed by atoms with Crippen LogP contribution < -0.4 is 0 Å². The number of hydrogen-bond acceptors (Lipinski definition) is 2. The van der Waals surface area contributed by atoms with Gasteiger partial charge < -0.3 is 0 Å². The predicted molar refractivity (Wildman–Crippen MR) is 115 cm³/mol. The fraction of sp³-hybridized carbons (Fsp3) is 0.480. The molecular weight excluding hydrogens is 385 g/mol. The van der Waals surface area contributed by atoms with Crippen LogP contribution in [0.2, 0.25) is 0 Å². The second-order valence-corrected chi connectivity index (χ2v) is 7.76. The lowest BCUT2D eigenvalue weighted by molar-refractivity contribution is -0.200. The van der Waals surface area contributed by atoms with Crippen molar-refractivity contribution in [3.05, 3.63) is 71.3 Å². The summed E-state index contributed by atoms with van der Waals surface area (Å²) < 4.78 is 38.8.